The Balaban J connectivity index is 2.14. The molecule has 0 radical (unpaired) electrons. The Morgan fingerprint density at radius 1 is 1.35 bits per heavy atom. The van der Waals surface area contributed by atoms with Gasteiger partial charge in [-0.15, -0.1) is 10.2 Å². The van der Waals surface area contributed by atoms with Gasteiger partial charge in [-0.3, -0.25) is 0 Å². The van der Waals surface area contributed by atoms with Gasteiger partial charge in [0.1, 0.15) is 6.33 Å². The molecule has 0 aliphatic heterocycles. The number of hydrogen-bond acceptors (Lipinski definition) is 4. The predicted molar refractivity (Wildman–Crippen MR) is 84.1 cm³/mol. The molecule has 1 heterocycles. The SMILES string of the molecule is CCNC(CSc1nncn1C)c1cc(C)ccc1C. The molecule has 20 heavy (non-hydrogen) atoms. The average molecular weight is 290 g/mol. The summed E-state index contributed by atoms with van der Waals surface area (Å²) < 4.78 is 1.96. The second-order valence-electron chi connectivity index (χ2n) is 5.01. The van der Waals surface area contributed by atoms with Crippen LogP contribution in [0.4, 0.5) is 0 Å². The molecule has 0 saturated heterocycles. The van der Waals surface area contributed by atoms with E-state index in [4.69, 9.17) is 0 Å². The summed E-state index contributed by atoms with van der Waals surface area (Å²) in [6, 6.07) is 6.97. The molecule has 4 nitrogen and oxygen atoms in total. The molecule has 0 aliphatic carbocycles. The Morgan fingerprint density at radius 3 is 2.80 bits per heavy atom. The second-order valence-corrected chi connectivity index (χ2v) is 5.99. The van der Waals surface area contributed by atoms with Gasteiger partial charge in [0, 0.05) is 18.8 Å². The van der Waals surface area contributed by atoms with Gasteiger partial charge in [0.2, 0.25) is 0 Å². The van der Waals surface area contributed by atoms with E-state index in [1.165, 1.54) is 16.7 Å². The molecule has 0 saturated carbocycles. The summed E-state index contributed by atoms with van der Waals surface area (Å²) in [6.07, 6.45) is 1.74. The number of nitrogens with zero attached hydrogens (tertiary/aromatic N) is 3. The first kappa shape index (κ1) is 15.1. The Bertz CT molecular complexity index is 565. The average Bonchev–Trinajstić information content (AvgIpc) is 2.83. The van der Waals surface area contributed by atoms with Gasteiger partial charge in [-0.1, -0.05) is 42.4 Å². The summed E-state index contributed by atoms with van der Waals surface area (Å²) in [7, 11) is 1.97. The molecule has 1 atom stereocenters. The van der Waals surface area contributed by atoms with Crippen LogP contribution < -0.4 is 5.32 Å². The first-order chi connectivity index (χ1) is 9.61. The smallest absolute Gasteiger partial charge is 0.190 e. The summed E-state index contributed by atoms with van der Waals surface area (Å²) in [4.78, 5) is 0. The highest BCUT2D eigenvalue weighted by Crippen LogP contribution is 2.25. The Labute approximate surface area is 125 Å². The van der Waals surface area contributed by atoms with Gasteiger partial charge in [0.15, 0.2) is 5.16 Å². The highest BCUT2D eigenvalue weighted by molar-refractivity contribution is 7.99. The summed E-state index contributed by atoms with van der Waals surface area (Å²) in [5.74, 6) is 0.949. The van der Waals surface area contributed by atoms with Crippen molar-refractivity contribution in [2.75, 3.05) is 12.3 Å². The minimum absolute atomic E-state index is 0.335. The van der Waals surface area contributed by atoms with Crippen LogP contribution in [0.3, 0.4) is 0 Å². The molecule has 2 rings (SSSR count). The van der Waals surface area contributed by atoms with Crippen LogP contribution in [-0.4, -0.2) is 27.1 Å². The summed E-state index contributed by atoms with van der Waals surface area (Å²) >= 11 is 1.74. The molecule has 0 bridgehead atoms. The van der Waals surface area contributed by atoms with Crippen molar-refractivity contribution >= 4 is 11.8 Å². The monoisotopic (exact) mass is 290 g/mol. The third-order valence-electron chi connectivity index (χ3n) is 3.31. The number of nitrogens with one attached hydrogen (secondary N) is 1. The molecule has 108 valence electrons. The van der Waals surface area contributed by atoms with E-state index < -0.39 is 0 Å². The first-order valence-electron chi connectivity index (χ1n) is 6.89. The summed E-state index contributed by atoms with van der Waals surface area (Å²) in [5, 5.41) is 12.6. The molecule has 5 heteroatoms. The third kappa shape index (κ3) is 3.61. The van der Waals surface area contributed by atoms with Crippen molar-refractivity contribution in [2.24, 2.45) is 7.05 Å². The fourth-order valence-electron chi connectivity index (χ4n) is 2.20. The highest BCUT2D eigenvalue weighted by atomic mass is 32.2. The van der Waals surface area contributed by atoms with E-state index in [-0.39, 0.29) is 0 Å². The van der Waals surface area contributed by atoms with Crippen molar-refractivity contribution in [3.05, 3.63) is 41.2 Å². The van der Waals surface area contributed by atoms with Crippen LogP contribution in [0.2, 0.25) is 0 Å². The molecular formula is C15H22N4S. The number of benzene rings is 1. The van der Waals surface area contributed by atoms with Crippen molar-refractivity contribution in [3.8, 4) is 0 Å². The maximum atomic E-state index is 4.13. The van der Waals surface area contributed by atoms with Gasteiger partial charge in [-0.2, -0.15) is 0 Å². The highest BCUT2D eigenvalue weighted by Gasteiger charge is 2.15. The summed E-state index contributed by atoms with van der Waals surface area (Å²) in [6.45, 7) is 7.41. The zero-order valence-electron chi connectivity index (χ0n) is 12.6. The maximum absolute atomic E-state index is 4.13. The van der Waals surface area contributed by atoms with Crippen molar-refractivity contribution in [1.29, 1.82) is 0 Å². The minimum Gasteiger partial charge on any atom is -0.312 e. The number of aryl methyl sites for hydroxylation is 3. The Kier molecular flexibility index (Phi) is 5.20. The van der Waals surface area contributed by atoms with Crippen LogP contribution in [0.1, 0.15) is 29.7 Å². The van der Waals surface area contributed by atoms with Gasteiger partial charge in [0.25, 0.3) is 0 Å². The minimum atomic E-state index is 0.335. The number of hydrogen-bond donors (Lipinski definition) is 1. The van der Waals surface area contributed by atoms with E-state index in [2.05, 4.69) is 54.5 Å². The van der Waals surface area contributed by atoms with Gasteiger partial charge in [-0.25, -0.2) is 0 Å². The van der Waals surface area contributed by atoms with Crippen molar-refractivity contribution in [3.63, 3.8) is 0 Å². The largest absolute Gasteiger partial charge is 0.312 e. The Hall–Kier alpha value is -1.33. The van der Waals surface area contributed by atoms with Crippen LogP contribution >= 0.6 is 11.8 Å². The molecule has 1 N–H and O–H groups in total. The number of thioether (sulfide) groups is 1. The van der Waals surface area contributed by atoms with Crippen molar-refractivity contribution in [2.45, 2.75) is 32.0 Å². The fourth-order valence-corrected chi connectivity index (χ4v) is 3.17. The van der Waals surface area contributed by atoms with Crippen LogP contribution in [-0.2, 0) is 7.05 Å². The lowest BCUT2D eigenvalue weighted by Crippen LogP contribution is -2.24. The van der Waals surface area contributed by atoms with Crippen molar-refractivity contribution < 1.29 is 0 Å². The zero-order chi connectivity index (χ0) is 14.5. The van der Waals surface area contributed by atoms with E-state index in [0.717, 1.165) is 17.5 Å². The van der Waals surface area contributed by atoms with Crippen LogP contribution in [0.15, 0.2) is 29.7 Å². The van der Waals surface area contributed by atoms with Crippen molar-refractivity contribution in [1.82, 2.24) is 20.1 Å². The van der Waals surface area contributed by atoms with E-state index >= 15 is 0 Å². The third-order valence-corrected chi connectivity index (χ3v) is 4.44. The van der Waals surface area contributed by atoms with E-state index in [9.17, 15) is 0 Å². The Morgan fingerprint density at radius 2 is 2.15 bits per heavy atom. The molecule has 1 unspecified atom stereocenters. The van der Waals surface area contributed by atoms with Crippen LogP contribution in [0.5, 0.6) is 0 Å². The van der Waals surface area contributed by atoms with E-state index in [0.29, 0.717) is 6.04 Å². The van der Waals surface area contributed by atoms with Gasteiger partial charge in [-0.05, 0) is 31.5 Å². The lowest BCUT2D eigenvalue weighted by molar-refractivity contribution is 0.601. The van der Waals surface area contributed by atoms with Gasteiger partial charge < -0.3 is 9.88 Å². The lowest BCUT2D eigenvalue weighted by Gasteiger charge is -2.20. The quantitative estimate of drug-likeness (QED) is 0.831. The van der Waals surface area contributed by atoms with E-state index in [1.54, 1.807) is 18.1 Å². The second kappa shape index (κ2) is 6.90. The predicted octanol–water partition coefficient (Wildman–Crippen LogP) is 2.87. The molecule has 0 amide bonds. The van der Waals surface area contributed by atoms with Crippen LogP contribution in [0, 0.1) is 13.8 Å². The molecular weight excluding hydrogens is 268 g/mol. The van der Waals surface area contributed by atoms with Crippen LogP contribution in [0.25, 0.3) is 0 Å². The molecule has 1 aromatic heterocycles. The van der Waals surface area contributed by atoms with E-state index in [1.807, 2.05) is 11.6 Å². The van der Waals surface area contributed by atoms with Gasteiger partial charge in [0.05, 0.1) is 0 Å². The lowest BCUT2D eigenvalue weighted by atomic mass is 10.00. The molecule has 2 aromatic rings. The molecule has 0 spiro atoms. The van der Waals surface area contributed by atoms with Gasteiger partial charge >= 0.3 is 0 Å². The normalized spacial score (nSPS) is 12.6. The number of aromatic nitrogens is 3. The first-order valence-corrected chi connectivity index (χ1v) is 7.87. The molecule has 1 aromatic carbocycles. The molecule has 0 fully saturated rings. The maximum Gasteiger partial charge on any atom is 0.190 e. The fraction of sp³-hybridized carbons (Fsp3) is 0.467. The molecule has 0 aliphatic rings. The topological polar surface area (TPSA) is 42.7 Å². The zero-order valence-corrected chi connectivity index (χ0v) is 13.4. The number of rotatable bonds is 6. The standard InChI is InChI=1S/C15H22N4S/c1-5-16-14(9-20-15-18-17-10-19(15)4)13-8-11(2)6-7-12(13)3/h6-8,10,14,16H,5,9H2,1-4H3. The summed E-state index contributed by atoms with van der Waals surface area (Å²) in [5.41, 5.74) is 4.01.